The van der Waals surface area contributed by atoms with Gasteiger partial charge in [0.05, 0.1) is 0 Å². The van der Waals surface area contributed by atoms with Crippen LogP contribution in [0.15, 0.2) is 18.7 Å². The number of hydrogen-bond donors (Lipinski definition) is 3. The summed E-state index contributed by atoms with van der Waals surface area (Å²) in [6.07, 6.45) is 5.65. The average molecular weight is 277 g/mol. The Morgan fingerprint density at radius 3 is 2.80 bits per heavy atom. The van der Waals surface area contributed by atoms with Crippen molar-refractivity contribution in [3.63, 3.8) is 0 Å². The van der Waals surface area contributed by atoms with Crippen molar-refractivity contribution in [2.24, 2.45) is 5.41 Å². The van der Waals surface area contributed by atoms with Crippen LogP contribution in [0.3, 0.4) is 0 Å². The maximum atomic E-state index is 9.01. The van der Waals surface area contributed by atoms with Gasteiger partial charge in [-0.3, -0.25) is 4.57 Å². The van der Waals surface area contributed by atoms with Gasteiger partial charge in [-0.2, -0.15) is 15.0 Å². The van der Waals surface area contributed by atoms with Crippen molar-refractivity contribution in [3.05, 3.63) is 18.7 Å². The molecule has 0 spiro atoms. The highest BCUT2D eigenvalue weighted by molar-refractivity contribution is 5.35. The summed E-state index contributed by atoms with van der Waals surface area (Å²) in [7, 11) is 0. The molecule has 8 nitrogen and oxygen atoms in total. The number of nitrogens with one attached hydrogen (secondary N) is 1. The molecule has 8 heteroatoms. The summed E-state index contributed by atoms with van der Waals surface area (Å²) in [4.78, 5) is 16.3. The van der Waals surface area contributed by atoms with Crippen molar-refractivity contribution in [2.45, 2.75) is 20.3 Å². The molecule has 20 heavy (non-hydrogen) atoms. The van der Waals surface area contributed by atoms with Gasteiger partial charge in [0, 0.05) is 25.5 Å². The number of nitrogens with two attached hydrogens (primary N) is 1. The van der Waals surface area contributed by atoms with Crippen molar-refractivity contribution in [1.82, 2.24) is 24.5 Å². The predicted molar refractivity (Wildman–Crippen MR) is 75.3 cm³/mol. The topological polar surface area (TPSA) is 115 Å². The molecule has 0 radical (unpaired) electrons. The number of nitrogens with zero attached hydrogens (tertiary/aromatic N) is 5. The quantitative estimate of drug-likeness (QED) is 0.702. The van der Waals surface area contributed by atoms with Gasteiger partial charge in [0.15, 0.2) is 0 Å². The standard InChI is InChI=1S/C12H19N7O/c1-12(2,3-6-20)7-15-10-16-9(13)17-11(18-10)19-5-4-14-8-19/h4-5,8,20H,3,6-7H2,1-2H3,(H3,13,15,16,17,18). The molecule has 0 aliphatic carbocycles. The Bertz CT molecular complexity index is 553. The van der Waals surface area contributed by atoms with Crippen LogP contribution in [0.4, 0.5) is 11.9 Å². The molecule has 0 unspecified atom stereocenters. The molecule has 0 amide bonds. The molecule has 0 fully saturated rings. The third-order valence-electron chi connectivity index (χ3n) is 2.89. The third kappa shape index (κ3) is 3.64. The molecule has 4 N–H and O–H groups in total. The van der Waals surface area contributed by atoms with Crippen LogP contribution in [0.1, 0.15) is 20.3 Å². The van der Waals surface area contributed by atoms with E-state index in [1.165, 1.54) is 0 Å². The third-order valence-corrected chi connectivity index (χ3v) is 2.89. The van der Waals surface area contributed by atoms with Gasteiger partial charge in [-0.25, -0.2) is 4.98 Å². The van der Waals surface area contributed by atoms with Crippen molar-refractivity contribution >= 4 is 11.9 Å². The van der Waals surface area contributed by atoms with Gasteiger partial charge in [-0.1, -0.05) is 13.8 Å². The van der Waals surface area contributed by atoms with Crippen molar-refractivity contribution in [1.29, 1.82) is 0 Å². The summed E-state index contributed by atoms with van der Waals surface area (Å²) in [6.45, 7) is 4.88. The molecular formula is C12H19N7O. The van der Waals surface area contributed by atoms with Crippen molar-refractivity contribution < 1.29 is 5.11 Å². The van der Waals surface area contributed by atoms with E-state index in [-0.39, 0.29) is 18.0 Å². The summed E-state index contributed by atoms with van der Waals surface area (Å²) >= 11 is 0. The highest BCUT2D eigenvalue weighted by Crippen LogP contribution is 2.20. The Morgan fingerprint density at radius 2 is 2.15 bits per heavy atom. The van der Waals surface area contributed by atoms with Crippen LogP contribution in [0.5, 0.6) is 0 Å². The fraction of sp³-hybridized carbons (Fsp3) is 0.500. The normalized spacial score (nSPS) is 11.6. The van der Waals surface area contributed by atoms with Crippen LogP contribution in [-0.4, -0.2) is 42.8 Å². The van der Waals surface area contributed by atoms with Crippen LogP contribution < -0.4 is 11.1 Å². The molecule has 0 bridgehead atoms. The van der Waals surface area contributed by atoms with E-state index >= 15 is 0 Å². The van der Waals surface area contributed by atoms with Crippen LogP contribution in [-0.2, 0) is 0 Å². The Hall–Kier alpha value is -2.22. The molecule has 2 rings (SSSR count). The molecule has 0 atom stereocenters. The molecule has 108 valence electrons. The Kier molecular flexibility index (Phi) is 4.14. The van der Waals surface area contributed by atoms with Gasteiger partial charge in [0.1, 0.15) is 6.33 Å². The molecular weight excluding hydrogens is 258 g/mol. The van der Waals surface area contributed by atoms with Crippen LogP contribution >= 0.6 is 0 Å². The number of nitrogen functional groups attached to an aromatic ring is 1. The number of imidazole rings is 1. The first-order chi connectivity index (χ1) is 9.50. The Balaban J connectivity index is 2.13. The molecule has 0 aliphatic heterocycles. The number of aromatic nitrogens is 5. The Labute approximate surface area is 117 Å². The van der Waals surface area contributed by atoms with E-state index < -0.39 is 0 Å². The van der Waals surface area contributed by atoms with Gasteiger partial charge >= 0.3 is 0 Å². The van der Waals surface area contributed by atoms with Gasteiger partial charge in [-0.05, 0) is 11.8 Å². The summed E-state index contributed by atoms with van der Waals surface area (Å²) in [5.74, 6) is 0.968. The van der Waals surface area contributed by atoms with Crippen LogP contribution in [0.25, 0.3) is 5.95 Å². The largest absolute Gasteiger partial charge is 0.396 e. The minimum Gasteiger partial charge on any atom is -0.396 e. The van der Waals surface area contributed by atoms with E-state index in [1.54, 1.807) is 23.3 Å². The van der Waals surface area contributed by atoms with Gasteiger partial charge in [-0.15, -0.1) is 0 Å². The molecule has 2 heterocycles. The molecule has 0 saturated carbocycles. The van der Waals surface area contributed by atoms with E-state index in [0.717, 1.165) is 0 Å². The maximum Gasteiger partial charge on any atom is 0.241 e. The first kappa shape index (κ1) is 14.2. The summed E-state index contributed by atoms with van der Waals surface area (Å²) in [5.41, 5.74) is 5.62. The first-order valence-corrected chi connectivity index (χ1v) is 6.35. The number of aliphatic hydroxyl groups excluding tert-OH is 1. The lowest BCUT2D eigenvalue weighted by Gasteiger charge is -2.23. The highest BCUT2D eigenvalue weighted by atomic mass is 16.3. The maximum absolute atomic E-state index is 9.01. The lowest BCUT2D eigenvalue weighted by molar-refractivity contribution is 0.220. The fourth-order valence-corrected chi connectivity index (χ4v) is 1.66. The SMILES string of the molecule is CC(C)(CCO)CNc1nc(N)nc(-n2ccnc2)n1. The average Bonchev–Trinajstić information content (AvgIpc) is 2.90. The summed E-state index contributed by atoms with van der Waals surface area (Å²) < 4.78 is 1.65. The first-order valence-electron chi connectivity index (χ1n) is 6.35. The minimum atomic E-state index is -0.0642. The number of aliphatic hydroxyl groups is 1. The molecule has 0 aromatic carbocycles. The van der Waals surface area contributed by atoms with Crippen molar-refractivity contribution in [2.75, 3.05) is 24.2 Å². The lowest BCUT2D eigenvalue weighted by Crippen LogP contribution is -2.25. The van der Waals surface area contributed by atoms with E-state index in [2.05, 4.69) is 39.1 Å². The lowest BCUT2D eigenvalue weighted by atomic mass is 9.90. The van der Waals surface area contributed by atoms with Gasteiger partial charge in [0.2, 0.25) is 17.8 Å². The second kappa shape index (κ2) is 5.83. The summed E-state index contributed by atoms with van der Waals surface area (Å²) in [6, 6.07) is 0. The Morgan fingerprint density at radius 1 is 1.35 bits per heavy atom. The van der Waals surface area contributed by atoms with Crippen molar-refractivity contribution in [3.8, 4) is 5.95 Å². The fourth-order valence-electron chi connectivity index (χ4n) is 1.66. The van der Waals surface area contributed by atoms with Gasteiger partial charge in [0.25, 0.3) is 0 Å². The minimum absolute atomic E-state index is 0.0642. The zero-order valence-corrected chi connectivity index (χ0v) is 11.6. The van der Waals surface area contributed by atoms with E-state index in [0.29, 0.717) is 24.9 Å². The number of hydrogen-bond acceptors (Lipinski definition) is 7. The predicted octanol–water partition coefficient (Wildman–Crippen LogP) is 0.460. The van der Waals surface area contributed by atoms with E-state index in [9.17, 15) is 0 Å². The number of anilines is 2. The van der Waals surface area contributed by atoms with Crippen LogP contribution in [0, 0.1) is 5.41 Å². The van der Waals surface area contributed by atoms with E-state index in [4.69, 9.17) is 10.8 Å². The van der Waals surface area contributed by atoms with E-state index in [1.807, 2.05) is 0 Å². The smallest absolute Gasteiger partial charge is 0.241 e. The summed E-state index contributed by atoms with van der Waals surface area (Å²) in [5, 5.41) is 12.1. The number of rotatable bonds is 6. The second-order valence-electron chi connectivity index (χ2n) is 5.28. The zero-order valence-electron chi connectivity index (χ0n) is 11.6. The van der Waals surface area contributed by atoms with Crippen LogP contribution in [0.2, 0.25) is 0 Å². The zero-order chi connectivity index (χ0) is 14.6. The molecule has 0 aliphatic rings. The highest BCUT2D eigenvalue weighted by Gasteiger charge is 2.17. The molecule has 2 aromatic heterocycles. The monoisotopic (exact) mass is 277 g/mol. The van der Waals surface area contributed by atoms with Gasteiger partial charge < -0.3 is 16.2 Å². The molecule has 0 saturated heterocycles. The second-order valence-corrected chi connectivity index (χ2v) is 5.28. The molecule has 2 aromatic rings.